The summed E-state index contributed by atoms with van der Waals surface area (Å²) in [5.74, 6) is 2.31. The van der Waals surface area contributed by atoms with Crippen molar-refractivity contribution in [2.75, 3.05) is 34.3 Å². The number of piperidine rings is 1. The fourth-order valence-corrected chi connectivity index (χ4v) is 4.48. The Labute approximate surface area is 189 Å². The van der Waals surface area contributed by atoms with Crippen molar-refractivity contribution in [2.24, 2.45) is 10.9 Å². The molecule has 1 aliphatic rings. The molecule has 1 aliphatic heterocycles. The summed E-state index contributed by atoms with van der Waals surface area (Å²) < 4.78 is 5.31. The molecule has 2 unspecified atom stereocenters. The molecule has 2 N–H and O–H groups in total. The largest absolute Gasteiger partial charge is 0.497 e. The number of hydrogen-bond donors (Lipinski definition) is 2. The Bertz CT molecular complexity index is 721. The maximum absolute atomic E-state index is 5.31. The molecular weight excluding hydrogens is 483 g/mol. The van der Waals surface area contributed by atoms with Gasteiger partial charge in [-0.3, -0.25) is 9.89 Å². The van der Waals surface area contributed by atoms with Crippen molar-refractivity contribution in [1.29, 1.82) is 0 Å². The number of aliphatic imine (C=N–C) groups is 1. The Balaban J connectivity index is 0.00000280. The van der Waals surface area contributed by atoms with Gasteiger partial charge in [0.15, 0.2) is 5.96 Å². The Morgan fingerprint density at radius 3 is 2.68 bits per heavy atom. The molecule has 1 aromatic carbocycles. The number of guanidine groups is 1. The first-order valence-corrected chi connectivity index (χ1v) is 10.4. The van der Waals surface area contributed by atoms with Gasteiger partial charge < -0.3 is 15.4 Å². The second-order valence-corrected chi connectivity index (χ2v) is 8.02. The molecule has 7 heteroatoms. The lowest BCUT2D eigenvalue weighted by atomic mass is 9.85. The number of hydrogen-bond acceptors (Lipinski definition) is 4. The van der Waals surface area contributed by atoms with E-state index in [-0.39, 0.29) is 24.0 Å². The minimum absolute atomic E-state index is 0. The molecule has 0 saturated carbocycles. The highest BCUT2D eigenvalue weighted by Crippen LogP contribution is 2.35. The van der Waals surface area contributed by atoms with Crippen LogP contribution in [0.15, 0.2) is 46.8 Å². The third-order valence-electron chi connectivity index (χ3n) is 5.23. The van der Waals surface area contributed by atoms with E-state index in [1.807, 2.05) is 7.05 Å². The van der Waals surface area contributed by atoms with Crippen molar-refractivity contribution in [3.8, 4) is 5.75 Å². The highest BCUT2D eigenvalue weighted by atomic mass is 127. The fraction of sp³-hybridized carbons (Fsp3) is 0.476. The van der Waals surface area contributed by atoms with Crippen molar-refractivity contribution in [2.45, 2.75) is 25.4 Å². The average molecular weight is 514 g/mol. The van der Waals surface area contributed by atoms with E-state index in [9.17, 15) is 0 Å². The van der Waals surface area contributed by atoms with Crippen LogP contribution in [0.3, 0.4) is 0 Å². The number of halogens is 1. The molecule has 1 saturated heterocycles. The second kappa shape index (κ2) is 11.6. The highest BCUT2D eigenvalue weighted by Gasteiger charge is 2.30. The van der Waals surface area contributed by atoms with Gasteiger partial charge in [0, 0.05) is 24.5 Å². The van der Waals surface area contributed by atoms with Crippen LogP contribution in [0.2, 0.25) is 0 Å². The van der Waals surface area contributed by atoms with Gasteiger partial charge in [-0.15, -0.1) is 35.3 Å². The van der Waals surface area contributed by atoms with Crippen LogP contribution in [0.1, 0.15) is 29.3 Å². The molecule has 1 aromatic heterocycles. The van der Waals surface area contributed by atoms with Gasteiger partial charge in [0.1, 0.15) is 5.75 Å². The molecule has 2 heterocycles. The van der Waals surface area contributed by atoms with Gasteiger partial charge >= 0.3 is 0 Å². The van der Waals surface area contributed by atoms with Crippen molar-refractivity contribution < 1.29 is 4.74 Å². The number of ether oxygens (including phenoxy) is 1. The van der Waals surface area contributed by atoms with E-state index in [1.54, 1.807) is 18.4 Å². The molecule has 3 rings (SSSR count). The third kappa shape index (κ3) is 6.09. The van der Waals surface area contributed by atoms with E-state index < -0.39 is 0 Å². The lowest BCUT2D eigenvalue weighted by molar-refractivity contribution is 0.122. The van der Waals surface area contributed by atoms with Gasteiger partial charge in [0.2, 0.25) is 0 Å². The molecule has 0 bridgehead atoms. The summed E-state index contributed by atoms with van der Waals surface area (Å²) in [5, 5.41) is 9.05. The van der Waals surface area contributed by atoms with Crippen molar-refractivity contribution in [3.05, 3.63) is 52.2 Å². The summed E-state index contributed by atoms with van der Waals surface area (Å²) in [7, 11) is 5.77. The van der Waals surface area contributed by atoms with Crippen LogP contribution in [-0.2, 0) is 6.54 Å². The fourth-order valence-electron chi connectivity index (χ4n) is 3.83. The minimum atomic E-state index is 0. The van der Waals surface area contributed by atoms with E-state index in [4.69, 9.17) is 4.74 Å². The number of thiophene rings is 1. The zero-order valence-corrected chi connectivity index (χ0v) is 20.0. The van der Waals surface area contributed by atoms with E-state index in [0.717, 1.165) is 31.3 Å². The van der Waals surface area contributed by atoms with E-state index in [0.29, 0.717) is 12.0 Å². The zero-order chi connectivity index (χ0) is 19.1. The zero-order valence-electron chi connectivity index (χ0n) is 16.9. The normalized spacial score (nSPS) is 20.3. The summed E-state index contributed by atoms with van der Waals surface area (Å²) in [5.41, 5.74) is 1.35. The molecular formula is C21H31IN4OS. The van der Waals surface area contributed by atoms with Crippen LogP contribution in [0.4, 0.5) is 0 Å². The standard InChI is InChI=1S/C21H30N4OS.HI/c1-22-21(24-15-19-7-5-13-27-19)23-14-17-6-4-12-25(2)20(17)16-8-10-18(26-3)11-9-16;/h5,7-11,13,17,20H,4,6,12,14-15H2,1-3H3,(H2,22,23,24);1H. The van der Waals surface area contributed by atoms with E-state index >= 15 is 0 Å². The summed E-state index contributed by atoms with van der Waals surface area (Å²) in [6.45, 7) is 2.85. The summed E-state index contributed by atoms with van der Waals surface area (Å²) in [6, 6.07) is 13.1. The van der Waals surface area contributed by atoms with Gasteiger partial charge in [-0.05, 0) is 61.5 Å². The summed E-state index contributed by atoms with van der Waals surface area (Å²) in [6.07, 6.45) is 2.45. The molecule has 1 fully saturated rings. The van der Waals surface area contributed by atoms with Crippen LogP contribution in [0, 0.1) is 5.92 Å². The van der Waals surface area contributed by atoms with Crippen molar-refractivity contribution >= 4 is 41.3 Å². The molecule has 2 aromatic rings. The lowest BCUT2D eigenvalue weighted by Gasteiger charge is -2.40. The van der Waals surface area contributed by atoms with Gasteiger partial charge in [-0.25, -0.2) is 0 Å². The SMILES string of the molecule is CN=C(NCc1cccs1)NCC1CCCN(C)C1c1ccc(OC)cc1.I. The average Bonchev–Trinajstić information content (AvgIpc) is 3.22. The molecule has 0 aliphatic carbocycles. The molecule has 0 spiro atoms. The van der Waals surface area contributed by atoms with E-state index in [1.165, 1.54) is 23.3 Å². The van der Waals surface area contributed by atoms with Crippen LogP contribution >= 0.6 is 35.3 Å². The molecule has 0 amide bonds. The Hall–Kier alpha value is -1.32. The lowest BCUT2D eigenvalue weighted by Crippen LogP contribution is -2.44. The third-order valence-corrected chi connectivity index (χ3v) is 6.11. The number of rotatable bonds is 6. The maximum Gasteiger partial charge on any atom is 0.191 e. The number of nitrogens with one attached hydrogen (secondary N) is 2. The van der Waals surface area contributed by atoms with Crippen molar-refractivity contribution in [1.82, 2.24) is 15.5 Å². The van der Waals surface area contributed by atoms with Crippen LogP contribution < -0.4 is 15.4 Å². The quantitative estimate of drug-likeness (QED) is 0.346. The topological polar surface area (TPSA) is 48.9 Å². The number of likely N-dealkylation sites (tertiary alicyclic amines) is 1. The summed E-state index contributed by atoms with van der Waals surface area (Å²) in [4.78, 5) is 8.16. The molecule has 2 atom stereocenters. The number of benzene rings is 1. The van der Waals surface area contributed by atoms with Crippen LogP contribution in [0.5, 0.6) is 5.75 Å². The van der Waals surface area contributed by atoms with Gasteiger partial charge in [0.25, 0.3) is 0 Å². The molecule has 154 valence electrons. The van der Waals surface area contributed by atoms with Gasteiger partial charge in [-0.2, -0.15) is 0 Å². The Kier molecular flexibility index (Phi) is 9.53. The van der Waals surface area contributed by atoms with Crippen molar-refractivity contribution in [3.63, 3.8) is 0 Å². The smallest absolute Gasteiger partial charge is 0.191 e. The molecule has 0 radical (unpaired) electrons. The monoisotopic (exact) mass is 514 g/mol. The minimum Gasteiger partial charge on any atom is -0.497 e. The first-order valence-electron chi connectivity index (χ1n) is 9.52. The number of nitrogens with zero attached hydrogens (tertiary/aromatic N) is 2. The first-order chi connectivity index (χ1) is 13.2. The highest BCUT2D eigenvalue weighted by molar-refractivity contribution is 14.0. The van der Waals surface area contributed by atoms with Crippen LogP contribution in [0.25, 0.3) is 0 Å². The maximum atomic E-state index is 5.31. The predicted molar refractivity (Wildman–Crippen MR) is 129 cm³/mol. The Morgan fingerprint density at radius 2 is 2.04 bits per heavy atom. The van der Waals surface area contributed by atoms with Gasteiger partial charge in [0.05, 0.1) is 13.7 Å². The van der Waals surface area contributed by atoms with E-state index in [2.05, 4.69) is 69.4 Å². The second-order valence-electron chi connectivity index (χ2n) is 6.99. The first kappa shape index (κ1) is 23.0. The predicted octanol–water partition coefficient (Wildman–Crippen LogP) is 4.12. The van der Waals surface area contributed by atoms with Gasteiger partial charge in [-0.1, -0.05) is 18.2 Å². The van der Waals surface area contributed by atoms with Crippen LogP contribution in [-0.4, -0.2) is 45.2 Å². The Morgan fingerprint density at radius 1 is 1.25 bits per heavy atom. The molecule has 5 nitrogen and oxygen atoms in total. The molecule has 28 heavy (non-hydrogen) atoms. The summed E-state index contributed by atoms with van der Waals surface area (Å²) >= 11 is 1.76. The number of methoxy groups -OCH3 is 1.